The normalized spacial score (nSPS) is 35.9. The molecule has 0 saturated carbocycles. The van der Waals surface area contributed by atoms with Gasteiger partial charge in [0.15, 0.2) is 0 Å². The van der Waals surface area contributed by atoms with E-state index in [4.69, 9.17) is 9.47 Å². The summed E-state index contributed by atoms with van der Waals surface area (Å²) in [6.45, 7) is 1.71. The van der Waals surface area contributed by atoms with Gasteiger partial charge in [0.1, 0.15) is 6.10 Å². The van der Waals surface area contributed by atoms with Crippen LogP contribution in [-0.4, -0.2) is 23.1 Å². The van der Waals surface area contributed by atoms with E-state index < -0.39 is 11.9 Å². The quantitative estimate of drug-likeness (QED) is 0.864. The predicted molar refractivity (Wildman–Crippen MR) is 63.1 cm³/mol. The molecule has 90 valence electrons. The molecule has 2 aliphatic heterocycles. The molecule has 4 unspecified atom stereocenters. The van der Waals surface area contributed by atoms with Crippen LogP contribution in [0.15, 0.2) is 42.7 Å². The molecule has 0 radical (unpaired) electrons. The Morgan fingerprint density at radius 2 is 2.12 bits per heavy atom. The Balaban J connectivity index is 1.71. The van der Waals surface area contributed by atoms with Gasteiger partial charge in [0.25, 0.3) is 0 Å². The van der Waals surface area contributed by atoms with E-state index in [1.54, 1.807) is 13.2 Å². The van der Waals surface area contributed by atoms with Gasteiger partial charge in [-0.15, -0.1) is 0 Å². The van der Waals surface area contributed by atoms with Gasteiger partial charge in [-0.3, -0.25) is 0 Å². The summed E-state index contributed by atoms with van der Waals surface area (Å²) in [6.07, 6.45) is 3.97. The molecule has 17 heavy (non-hydrogen) atoms. The van der Waals surface area contributed by atoms with Crippen molar-refractivity contribution in [1.29, 1.82) is 0 Å². The molecule has 0 aliphatic carbocycles. The first kappa shape index (κ1) is 10.8. The lowest BCUT2D eigenvalue weighted by molar-refractivity contribution is -0.371. The molecule has 4 atom stereocenters. The highest BCUT2D eigenvalue weighted by Gasteiger charge is 2.61. The van der Waals surface area contributed by atoms with Crippen LogP contribution in [0.3, 0.4) is 0 Å². The maximum absolute atomic E-state index is 9.73. The molecule has 0 amide bonds. The highest BCUT2D eigenvalue weighted by molar-refractivity contribution is 5.20. The van der Waals surface area contributed by atoms with Gasteiger partial charge in [-0.05, 0) is 25.0 Å². The zero-order valence-electron chi connectivity index (χ0n) is 9.74. The monoisotopic (exact) mass is 232 g/mol. The van der Waals surface area contributed by atoms with Gasteiger partial charge in [-0.25, -0.2) is 0 Å². The minimum atomic E-state index is -0.820. The largest absolute Gasteiger partial charge is 0.467 e. The number of benzene rings is 1. The molecule has 3 rings (SSSR count). The lowest BCUT2D eigenvalue weighted by atomic mass is 9.81. The first-order valence-corrected chi connectivity index (χ1v) is 5.97. The van der Waals surface area contributed by atoms with Crippen molar-refractivity contribution in [2.45, 2.75) is 31.3 Å². The van der Waals surface area contributed by atoms with Gasteiger partial charge >= 0.3 is 0 Å². The van der Waals surface area contributed by atoms with Gasteiger partial charge in [-0.2, -0.15) is 0 Å². The van der Waals surface area contributed by atoms with Crippen molar-refractivity contribution in [2.24, 2.45) is 5.92 Å². The Morgan fingerprint density at radius 3 is 2.82 bits per heavy atom. The number of ether oxygens (including phenoxy) is 2. The number of hydrogen-bond donors (Lipinski definition) is 1. The van der Waals surface area contributed by atoms with Crippen molar-refractivity contribution in [3.63, 3.8) is 0 Å². The van der Waals surface area contributed by atoms with Crippen LogP contribution in [0.4, 0.5) is 0 Å². The van der Waals surface area contributed by atoms with Crippen molar-refractivity contribution in [1.82, 2.24) is 0 Å². The van der Waals surface area contributed by atoms with Crippen LogP contribution in [0.2, 0.25) is 0 Å². The Kier molecular flexibility index (Phi) is 2.45. The van der Waals surface area contributed by atoms with E-state index in [2.05, 4.69) is 12.1 Å². The lowest BCUT2D eigenvalue weighted by Gasteiger charge is -2.50. The number of rotatable bonds is 3. The second kappa shape index (κ2) is 3.86. The second-order valence-corrected chi connectivity index (χ2v) is 4.72. The van der Waals surface area contributed by atoms with Crippen molar-refractivity contribution in [3.8, 4) is 0 Å². The molecule has 0 spiro atoms. The third kappa shape index (κ3) is 1.58. The van der Waals surface area contributed by atoms with E-state index in [9.17, 15) is 5.11 Å². The minimum absolute atomic E-state index is 0.103. The third-order valence-corrected chi connectivity index (χ3v) is 3.60. The fourth-order valence-corrected chi connectivity index (χ4v) is 2.66. The van der Waals surface area contributed by atoms with Crippen LogP contribution in [0.5, 0.6) is 0 Å². The summed E-state index contributed by atoms with van der Waals surface area (Å²) in [4.78, 5) is 0. The van der Waals surface area contributed by atoms with E-state index in [0.717, 1.165) is 6.42 Å². The number of fused-ring (bicyclic) bond motifs is 1. The van der Waals surface area contributed by atoms with Gasteiger partial charge in [-0.1, -0.05) is 30.3 Å². The molecular weight excluding hydrogens is 216 g/mol. The summed E-state index contributed by atoms with van der Waals surface area (Å²) in [5, 5.41) is 9.73. The molecule has 3 nitrogen and oxygen atoms in total. The molecule has 1 N–H and O–H groups in total. The van der Waals surface area contributed by atoms with Crippen molar-refractivity contribution in [2.75, 3.05) is 0 Å². The van der Waals surface area contributed by atoms with E-state index in [-0.39, 0.29) is 12.0 Å². The summed E-state index contributed by atoms with van der Waals surface area (Å²) in [7, 11) is 0. The first-order valence-electron chi connectivity index (χ1n) is 5.97. The Morgan fingerprint density at radius 1 is 1.35 bits per heavy atom. The number of aliphatic hydroxyl groups excluding tert-OH is 1. The second-order valence-electron chi connectivity index (χ2n) is 4.72. The molecule has 1 saturated heterocycles. The molecule has 2 aliphatic rings. The number of aliphatic hydroxyl groups is 1. The van der Waals surface area contributed by atoms with Crippen LogP contribution in [0, 0.1) is 5.92 Å². The molecule has 0 aromatic heterocycles. The molecule has 1 fully saturated rings. The molecule has 1 aromatic rings. The van der Waals surface area contributed by atoms with Crippen LogP contribution < -0.4 is 0 Å². The molecule has 1 aromatic carbocycles. The van der Waals surface area contributed by atoms with Crippen molar-refractivity contribution >= 4 is 0 Å². The predicted octanol–water partition coefficient (Wildman–Crippen LogP) is 1.87. The van der Waals surface area contributed by atoms with E-state index in [1.165, 1.54) is 5.56 Å². The molecular formula is C14H16O3. The third-order valence-electron chi connectivity index (χ3n) is 3.60. The summed E-state index contributed by atoms with van der Waals surface area (Å²) in [5.41, 5.74) is 1.25. The topological polar surface area (TPSA) is 38.7 Å². The average molecular weight is 232 g/mol. The Bertz CT molecular complexity index is 426. The number of hydrogen-bond acceptors (Lipinski definition) is 3. The zero-order valence-corrected chi connectivity index (χ0v) is 9.74. The zero-order chi connectivity index (χ0) is 11.9. The smallest absolute Gasteiger partial charge is 0.244 e. The molecule has 3 heteroatoms. The van der Waals surface area contributed by atoms with Gasteiger partial charge in [0.2, 0.25) is 5.79 Å². The Labute approximate surface area is 101 Å². The summed E-state index contributed by atoms with van der Waals surface area (Å²) >= 11 is 0. The van der Waals surface area contributed by atoms with Gasteiger partial charge in [0, 0.05) is 0 Å². The maximum atomic E-state index is 9.73. The summed E-state index contributed by atoms with van der Waals surface area (Å²) in [6, 6.07) is 10.2. The highest BCUT2D eigenvalue weighted by atomic mass is 16.7. The van der Waals surface area contributed by atoms with E-state index >= 15 is 0 Å². The van der Waals surface area contributed by atoms with E-state index in [1.807, 2.05) is 24.3 Å². The fourth-order valence-electron chi connectivity index (χ4n) is 2.66. The summed E-state index contributed by atoms with van der Waals surface area (Å²) < 4.78 is 11.2. The summed E-state index contributed by atoms with van der Waals surface area (Å²) in [5.74, 6) is -0.665. The molecule has 2 heterocycles. The minimum Gasteiger partial charge on any atom is -0.467 e. The average Bonchev–Trinajstić information content (AvgIpc) is 2.66. The fraction of sp³-hybridized carbons (Fsp3) is 0.429. The highest BCUT2D eigenvalue weighted by Crippen LogP contribution is 2.48. The van der Waals surface area contributed by atoms with Crippen molar-refractivity contribution in [3.05, 3.63) is 48.2 Å². The standard InChI is InChI=1S/C14H16O3/c1-10(15)14-12(7-8-16-14)13(17-14)9-11-5-3-2-4-6-11/h2-8,10,12-13,15H,9H2,1H3. The van der Waals surface area contributed by atoms with Gasteiger partial charge < -0.3 is 14.6 Å². The van der Waals surface area contributed by atoms with Crippen LogP contribution in [0.1, 0.15) is 12.5 Å². The Hall–Kier alpha value is -1.32. The van der Waals surface area contributed by atoms with Gasteiger partial charge in [0.05, 0.1) is 18.3 Å². The molecule has 0 bridgehead atoms. The van der Waals surface area contributed by atoms with Crippen LogP contribution in [-0.2, 0) is 15.9 Å². The van der Waals surface area contributed by atoms with E-state index in [0.29, 0.717) is 0 Å². The first-order chi connectivity index (χ1) is 8.22. The lowest BCUT2D eigenvalue weighted by Crippen LogP contribution is -2.64. The SMILES string of the molecule is CC(O)C12OC=CC1C(Cc1ccccc1)O2. The van der Waals surface area contributed by atoms with Crippen molar-refractivity contribution < 1.29 is 14.6 Å². The van der Waals surface area contributed by atoms with Crippen LogP contribution in [0.25, 0.3) is 0 Å². The maximum Gasteiger partial charge on any atom is 0.244 e. The van der Waals surface area contributed by atoms with Crippen LogP contribution >= 0.6 is 0 Å².